The lowest BCUT2D eigenvalue weighted by Crippen LogP contribution is -2.51. The minimum Gasteiger partial charge on any atom is -0.456 e. The number of aryl methyl sites for hydroxylation is 1. The molecule has 0 spiro atoms. The fourth-order valence-electron chi connectivity index (χ4n) is 7.84. The number of esters is 1. The maximum absolute atomic E-state index is 13.1. The van der Waals surface area contributed by atoms with Gasteiger partial charge in [-0.1, -0.05) is 19.4 Å². The normalized spacial score (nSPS) is 36.0. The molecule has 3 fully saturated rings. The average Bonchev–Trinajstić information content (AvgIpc) is 3.34. The first-order valence-corrected chi connectivity index (χ1v) is 13.6. The molecular formula is C26H34N2O6S. The second kappa shape index (κ2) is 8.98. The van der Waals surface area contributed by atoms with Gasteiger partial charge in [-0.2, -0.15) is 0 Å². The Labute approximate surface area is 209 Å². The van der Waals surface area contributed by atoms with E-state index in [1.807, 2.05) is 6.08 Å². The highest BCUT2D eigenvalue weighted by molar-refractivity contribution is 7.13. The summed E-state index contributed by atoms with van der Waals surface area (Å²) >= 11 is 1.24. The van der Waals surface area contributed by atoms with Crippen LogP contribution in [0.5, 0.6) is 0 Å². The number of hydrogen-bond donors (Lipinski definition) is 0. The number of ketones is 1. The third kappa shape index (κ3) is 4.19. The minimum absolute atomic E-state index is 0.0342. The van der Waals surface area contributed by atoms with Gasteiger partial charge in [0.1, 0.15) is 12.7 Å². The number of aromatic nitrogens is 1. The van der Waals surface area contributed by atoms with Crippen molar-refractivity contribution in [3.8, 4) is 0 Å². The Balaban J connectivity index is 1.27. The molecule has 6 unspecified atom stereocenters. The van der Waals surface area contributed by atoms with Gasteiger partial charge >= 0.3 is 5.97 Å². The Bertz CT molecular complexity index is 1080. The van der Waals surface area contributed by atoms with Crippen molar-refractivity contribution in [2.24, 2.45) is 28.6 Å². The molecule has 8 nitrogen and oxygen atoms in total. The molecule has 0 aromatic carbocycles. The molecule has 0 aliphatic heterocycles. The van der Waals surface area contributed by atoms with Crippen LogP contribution in [0.4, 0.5) is 0 Å². The van der Waals surface area contributed by atoms with E-state index in [0.29, 0.717) is 41.3 Å². The highest BCUT2D eigenvalue weighted by Crippen LogP contribution is 2.65. The number of thiazole rings is 1. The van der Waals surface area contributed by atoms with Crippen LogP contribution in [0.25, 0.3) is 0 Å². The maximum Gasteiger partial charge on any atom is 0.367 e. The summed E-state index contributed by atoms with van der Waals surface area (Å²) in [6.07, 6.45) is 10.0. The maximum atomic E-state index is 13.1. The summed E-state index contributed by atoms with van der Waals surface area (Å²) in [5.74, 6) is 1.65. The second-order valence-corrected chi connectivity index (χ2v) is 12.4. The van der Waals surface area contributed by atoms with E-state index in [0.717, 1.165) is 49.8 Å². The molecular weight excluding hydrogens is 468 g/mol. The molecule has 190 valence electrons. The number of nitrogens with zero attached hydrogens (tertiary/aromatic N) is 2. The van der Waals surface area contributed by atoms with Crippen molar-refractivity contribution in [3.05, 3.63) is 37.3 Å². The van der Waals surface area contributed by atoms with Crippen LogP contribution in [0.3, 0.4) is 0 Å². The largest absolute Gasteiger partial charge is 0.456 e. The van der Waals surface area contributed by atoms with Gasteiger partial charge in [0.25, 0.3) is 5.09 Å². The van der Waals surface area contributed by atoms with Crippen LogP contribution in [-0.2, 0) is 20.8 Å². The number of fused-ring (bicyclic) bond motifs is 5. The van der Waals surface area contributed by atoms with Crippen LogP contribution in [0.2, 0.25) is 0 Å². The van der Waals surface area contributed by atoms with E-state index < -0.39 is 5.09 Å². The van der Waals surface area contributed by atoms with E-state index in [1.54, 1.807) is 6.92 Å². The van der Waals surface area contributed by atoms with Crippen molar-refractivity contribution < 1.29 is 24.3 Å². The van der Waals surface area contributed by atoms with Crippen LogP contribution in [0.1, 0.15) is 85.6 Å². The smallest absolute Gasteiger partial charge is 0.367 e. The van der Waals surface area contributed by atoms with Gasteiger partial charge in [-0.3, -0.25) is 4.79 Å². The Hall–Kier alpha value is -2.29. The fraction of sp³-hybridized carbons (Fsp3) is 0.731. The molecule has 1 aromatic rings. The molecule has 9 heteroatoms. The molecule has 0 N–H and O–H groups in total. The second-order valence-electron chi connectivity index (χ2n) is 11.3. The monoisotopic (exact) mass is 502 g/mol. The van der Waals surface area contributed by atoms with E-state index in [9.17, 15) is 19.7 Å². The Morgan fingerprint density at radius 1 is 1.20 bits per heavy atom. The SMILES string of the molecule is Cc1nc(C(=O)OC2CCC3C4CCC5=CC(=O)CCC5(C)C4CCC23C)sc1CCO[N+](=O)[O-]. The van der Waals surface area contributed by atoms with E-state index in [2.05, 4.69) is 23.7 Å². The fourth-order valence-corrected chi connectivity index (χ4v) is 8.77. The van der Waals surface area contributed by atoms with Crippen molar-refractivity contribution in [1.82, 2.24) is 4.98 Å². The predicted molar refractivity (Wildman–Crippen MR) is 129 cm³/mol. The summed E-state index contributed by atoms with van der Waals surface area (Å²) < 4.78 is 6.12. The minimum atomic E-state index is -0.810. The van der Waals surface area contributed by atoms with Crippen LogP contribution in [-0.4, -0.2) is 34.5 Å². The number of allylic oxidation sites excluding steroid dienone is 1. The molecule has 0 bridgehead atoms. The first kappa shape index (κ1) is 24.4. The van der Waals surface area contributed by atoms with Gasteiger partial charge in [0.05, 0.1) is 5.69 Å². The van der Waals surface area contributed by atoms with Gasteiger partial charge in [-0.05, 0) is 81.1 Å². The molecule has 0 amide bonds. The molecule has 6 atom stereocenters. The van der Waals surface area contributed by atoms with Gasteiger partial charge in [0, 0.05) is 23.1 Å². The zero-order valence-electron chi connectivity index (χ0n) is 20.7. The van der Waals surface area contributed by atoms with Crippen LogP contribution >= 0.6 is 11.3 Å². The quantitative estimate of drug-likeness (QED) is 0.296. The van der Waals surface area contributed by atoms with Crippen molar-refractivity contribution in [3.63, 3.8) is 0 Å². The van der Waals surface area contributed by atoms with Crippen LogP contribution in [0.15, 0.2) is 11.6 Å². The molecule has 0 radical (unpaired) electrons. The third-order valence-electron chi connectivity index (χ3n) is 9.72. The summed E-state index contributed by atoms with van der Waals surface area (Å²) in [6, 6.07) is 0. The summed E-state index contributed by atoms with van der Waals surface area (Å²) in [5, 5.41) is 9.90. The topological polar surface area (TPSA) is 109 Å². The lowest BCUT2D eigenvalue weighted by molar-refractivity contribution is -0.757. The summed E-state index contributed by atoms with van der Waals surface area (Å²) in [4.78, 5) is 45.1. The number of ether oxygens (including phenoxy) is 1. The van der Waals surface area contributed by atoms with Crippen molar-refractivity contribution in [1.29, 1.82) is 0 Å². The lowest BCUT2D eigenvalue weighted by atomic mass is 9.47. The first-order chi connectivity index (χ1) is 16.6. The molecule has 5 rings (SSSR count). The summed E-state index contributed by atoms with van der Waals surface area (Å²) in [6.45, 7) is 6.44. The molecule has 4 aliphatic rings. The Morgan fingerprint density at radius 2 is 2.00 bits per heavy atom. The summed E-state index contributed by atoms with van der Waals surface area (Å²) in [5.41, 5.74) is 2.17. The molecule has 1 heterocycles. The highest BCUT2D eigenvalue weighted by Gasteiger charge is 2.60. The number of hydrogen-bond acceptors (Lipinski definition) is 8. The van der Waals surface area contributed by atoms with Gasteiger partial charge in [-0.25, -0.2) is 9.78 Å². The zero-order chi connectivity index (χ0) is 25.0. The number of rotatable bonds is 6. The zero-order valence-corrected chi connectivity index (χ0v) is 21.5. The summed E-state index contributed by atoms with van der Waals surface area (Å²) in [7, 11) is 0. The third-order valence-corrected chi connectivity index (χ3v) is 10.9. The Morgan fingerprint density at radius 3 is 2.77 bits per heavy atom. The molecule has 0 saturated heterocycles. The van der Waals surface area contributed by atoms with Crippen molar-refractivity contribution in [2.75, 3.05) is 6.61 Å². The van der Waals surface area contributed by atoms with E-state index in [-0.39, 0.29) is 35.3 Å². The Kier molecular flexibility index (Phi) is 6.26. The van der Waals surface area contributed by atoms with E-state index in [4.69, 9.17) is 4.74 Å². The lowest BCUT2D eigenvalue weighted by Gasteiger charge is -2.57. The van der Waals surface area contributed by atoms with Crippen molar-refractivity contribution >= 4 is 23.1 Å². The standard InChI is InChI=1S/C26H34N2O6S/c1-15-21(10-13-33-28(31)32)35-23(27-15)24(30)34-22-7-6-19-18-5-4-16-14-17(29)8-11-25(16,2)20(18)9-12-26(19,22)3/h14,18-20,22H,4-13H2,1-3H3. The predicted octanol–water partition coefficient (Wildman–Crippen LogP) is 5.26. The van der Waals surface area contributed by atoms with Crippen molar-refractivity contribution in [2.45, 2.75) is 84.7 Å². The number of carbonyl (C=O) groups excluding carboxylic acids is 2. The van der Waals surface area contributed by atoms with E-state index in [1.165, 1.54) is 16.9 Å². The van der Waals surface area contributed by atoms with Gasteiger partial charge in [0.2, 0.25) is 5.01 Å². The molecule has 35 heavy (non-hydrogen) atoms. The van der Waals surface area contributed by atoms with Gasteiger partial charge in [0.15, 0.2) is 5.78 Å². The number of carbonyl (C=O) groups is 2. The average molecular weight is 503 g/mol. The first-order valence-electron chi connectivity index (χ1n) is 12.8. The highest BCUT2D eigenvalue weighted by atomic mass is 32.1. The van der Waals surface area contributed by atoms with Crippen LogP contribution < -0.4 is 0 Å². The molecule has 4 aliphatic carbocycles. The van der Waals surface area contributed by atoms with Gasteiger partial charge in [-0.15, -0.1) is 21.5 Å². The van der Waals surface area contributed by atoms with Crippen LogP contribution in [0, 0.1) is 45.6 Å². The van der Waals surface area contributed by atoms with E-state index >= 15 is 0 Å². The molecule has 3 saturated carbocycles. The van der Waals surface area contributed by atoms with Gasteiger partial charge < -0.3 is 9.57 Å². The molecule has 1 aromatic heterocycles.